The number of hydrogen-bond acceptors (Lipinski definition) is 5. The molecule has 122 valence electrons. The van der Waals surface area contributed by atoms with Crippen LogP contribution in [0.2, 0.25) is 0 Å². The largest absolute Gasteiger partial charge is 0.399 e. The van der Waals surface area contributed by atoms with Crippen molar-refractivity contribution in [3.63, 3.8) is 0 Å². The number of rotatable bonds is 3. The third-order valence-electron chi connectivity index (χ3n) is 4.46. The third kappa shape index (κ3) is 2.34. The van der Waals surface area contributed by atoms with E-state index < -0.39 is 5.91 Å². The molecule has 1 amide bonds. The van der Waals surface area contributed by atoms with E-state index in [0.29, 0.717) is 11.2 Å². The lowest BCUT2D eigenvalue weighted by atomic mass is 10.0. The maximum atomic E-state index is 11.5. The Labute approximate surface area is 138 Å². The second-order valence-electron chi connectivity index (χ2n) is 6.00. The highest BCUT2D eigenvalue weighted by molar-refractivity contribution is 5.98. The quantitative estimate of drug-likeness (QED) is 0.715. The summed E-state index contributed by atoms with van der Waals surface area (Å²) in [6.07, 6.45) is 5.37. The first-order valence-corrected chi connectivity index (χ1v) is 7.90. The Hall–Kier alpha value is -3.09. The zero-order chi connectivity index (χ0) is 16.7. The SMILES string of the molecule is NC(=O)c1cnn2ccc(N3CCC[C@@H]3c3cccc(N)c3)nc12. The van der Waals surface area contributed by atoms with Gasteiger partial charge in [0.2, 0.25) is 0 Å². The molecule has 0 bridgehead atoms. The Morgan fingerprint density at radius 1 is 1.29 bits per heavy atom. The molecular formula is C17H18N6O. The third-order valence-corrected chi connectivity index (χ3v) is 4.46. The average Bonchev–Trinajstić information content (AvgIpc) is 3.21. The van der Waals surface area contributed by atoms with Gasteiger partial charge in [-0.2, -0.15) is 5.10 Å². The van der Waals surface area contributed by atoms with Crippen molar-refractivity contribution >= 4 is 23.1 Å². The van der Waals surface area contributed by atoms with Crippen LogP contribution in [0.15, 0.2) is 42.7 Å². The monoisotopic (exact) mass is 322 g/mol. The molecule has 3 heterocycles. The smallest absolute Gasteiger partial charge is 0.254 e. The number of primary amides is 1. The number of anilines is 2. The van der Waals surface area contributed by atoms with E-state index in [1.807, 2.05) is 24.3 Å². The van der Waals surface area contributed by atoms with E-state index in [1.165, 1.54) is 11.8 Å². The number of carbonyl (C=O) groups excluding carboxylic acids is 1. The van der Waals surface area contributed by atoms with Crippen LogP contribution in [-0.2, 0) is 0 Å². The number of amides is 1. The van der Waals surface area contributed by atoms with Crippen LogP contribution in [0.4, 0.5) is 11.5 Å². The van der Waals surface area contributed by atoms with Gasteiger partial charge in [-0.3, -0.25) is 4.79 Å². The fraction of sp³-hybridized carbons (Fsp3) is 0.235. The first-order valence-electron chi connectivity index (χ1n) is 7.90. The van der Waals surface area contributed by atoms with Crippen molar-refractivity contribution in [3.8, 4) is 0 Å². The second-order valence-corrected chi connectivity index (χ2v) is 6.00. The molecule has 4 N–H and O–H groups in total. The van der Waals surface area contributed by atoms with E-state index in [9.17, 15) is 4.79 Å². The van der Waals surface area contributed by atoms with Gasteiger partial charge in [-0.1, -0.05) is 12.1 Å². The summed E-state index contributed by atoms with van der Waals surface area (Å²) in [5.41, 5.74) is 14.1. The van der Waals surface area contributed by atoms with Gasteiger partial charge in [0.15, 0.2) is 5.65 Å². The van der Waals surface area contributed by atoms with E-state index in [-0.39, 0.29) is 6.04 Å². The van der Waals surface area contributed by atoms with Gasteiger partial charge in [0.1, 0.15) is 11.4 Å². The van der Waals surface area contributed by atoms with Gasteiger partial charge in [-0.25, -0.2) is 9.50 Å². The van der Waals surface area contributed by atoms with Crippen molar-refractivity contribution in [2.24, 2.45) is 5.73 Å². The number of nitrogen functional groups attached to an aromatic ring is 1. The molecule has 1 aliphatic heterocycles. The van der Waals surface area contributed by atoms with Gasteiger partial charge in [-0.15, -0.1) is 0 Å². The van der Waals surface area contributed by atoms with E-state index in [0.717, 1.165) is 30.9 Å². The molecule has 0 spiro atoms. The zero-order valence-corrected chi connectivity index (χ0v) is 13.1. The lowest BCUT2D eigenvalue weighted by Gasteiger charge is -2.26. The van der Waals surface area contributed by atoms with Crippen molar-refractivity contribution in [2.75, 3.05) is 17.2 Å². The van der Waals surface area contributed by atoms with Crippen LogP contribution in [0, 0.1) is 0 Å². The average molecular weight is 322 g/mol. The maximum Gasteiger partial charge on any atom is 0.254 e. The van der Waals surface area contributed by atoms with Crippen LogP contribution < -0.4 is 16.4 Å². The van der Waals surface area contributed by atoms with E-state index in [1.54, 1.807) is 10.7 Å². The van der Waals surface area contributed by atoms with Crippen LogP contribution in [0.3, 0.4) is 0 Å². The number of fused-ring (bicyclic) bond motifs is 1. The van der Waals surface area contributed by atoms with Crippen molar-refractivity contribution in [1.29, 1.82) is 0 Å². The summed E-state index contributed by atoms with van der Waals surface area (Å²) in [5, 5.41) is 4.11. The minimum atomic E-state index is -0.525. The molecule has 7 nitrogen and oxygen atoms in total. The first kappa shape index (κ1) is 14.5. The molecule has 0 unspecified atom stereocenters. The number of nitrogens with two attached hydrogens (primary N) is 2. The van der Waals surface area contributed by atoms with Gasteiger partial charge in [0.05, 0.1) is 12.2 Å². The molecule has 0 radical (unpaired) electrons. The molecule has 1 atom stereocenters. The van der Waals surface area contributed by atoms with Gasteiger partial charge in [0.25, 0.3) is 5.91 Å². The molecule has 0 aliphatic carbocycles. The summed E-state index contributed by atoms with van der Waals surface area (Å²) in [7, 11) is 0. The molecule has 1 saturated heterocycles. The number of carbonyl (C=O) groups is 1. The van der Waals surface area contributed by atoms with Gasteiger partial charge in [-0.05, 0) is 36.6 Å². The molecule has 1 aliphatic rings. The highest BCUT2D eigenvalue weighted by Gasteiger charge is 2.27. The molecule has 1 aromatic carbocycles. The molecule has 7 heteroatoms. The minimum absolute atomic E-state index is 0.225. The van der Waals surface area contributed by atoms with Crippen molar-refractivity contribution in [3.05, 3.63) is 53.9 Å². The van der Waals surface area contributed by atoms with Gasteiger partial charge in [0, 0.05) is 18.4 Å². The van der Waals surface area contributed by atoms with Crippen molar-refractivity contribution in [2.45, 2.75) is 18.9 Å². The van der Waals surface area contributed by atoms with Crippen LogP contribution in [-0.4, -0.2) is 27.0 Å². The minimum Gasteiger partial charge on any atom is -0.399 e. The zero-order valence-electron chi connectivity index (χ0n) is 13.1. The normalized spacial score (nSPS) is 17.5. The topological polar surface area (TPSA) is 103 Å². The summed E-state index contributed by atoms with van der Waals surface area (Å²) in [6, 6.07) is 10.1. The molecule has 2 aromatic heterocycles. The van der Waals surface area contributed by atoms with Crippen LogP contribution in [0.1, 0.15) is 34.8 Å². The Morgan fingerprint density at radius 3 is 2.96 bits per heavy atom. The molecule has 0 saturated carbocycles. The summed E-state index contributed by atoms with van der Waals surface area (Å²) >= 11 is 0. The second kappa shape index (κ2) is 5.52. The highest BCUT2D eigenvalue weighted by Crippen LogP contribution is 2.35. The van der Waals surface area contributed by atoms with Gasteiger partial charge >= 0.3 is 0 Å². The Morgan fingerprint density at radius 2 is 2.17 bits per heavy atom. The Kier molecular flexibility index (Phi) is 3.34. The van der Waals surface area contributed by atoms with E-state index in [2.05, 4.69) is 21.0 Å². The summed E-state index contributed by atoms with van der Waals surface area (Å²) in [5.74, 6) is 0.291. The molecule has 4 rings (SSSR count). The van der Waals surface area contributed by atoms with Crippen LogP contribution >= 0.6 is 0 Å². The van der Waals surface area contributed by atoms with Gasteiger partial charge < -0.3 is 16.4 Å². The lowest BCUT2D eigenvalue weighted by Crippen LogP contribution is -2.24. The molecule has 24 heavy (non-hydrogen) atoms. The highest BCUT2D eigenvalue weighted by atomic mass is 16.1. The van der Waals surface area contributed by atoms with Crippen LogP contribution in [0.5, 0.6) is 0 Å². The maximum absolute atomic E-state index is 11.5. The summed E-state index contributed by atoms with van der Waals surface area (Å²) in [4.78, 5) is 18.4. The summed E-state index contributed by atoms with van der Waals surface area (Å²) < 4.78 is 1.56. The number of benzene rings is 1. The Bertz CT molecular complexity index is 918. The summed E-state index contributed by atoms with van der Waals surface area (Å²) in [6.45, 7) is 0.905. The fourth-order valence-corrected chi connectivity index (χ4v) is 3.35. The van der Waals surface area contributed by atoms with E-state index in [4.69, 9.17) is 11.5 Å². The Balaban J connectivity index is 1.75. The standard InChI is InChI=1S/C17H18N6O/c18-12-4-1-3-11(9-12)14-5-2-7-22(14)15-6-8-23-17(21-15)13(10-20-23)16(19)24/h1,3-4,6,8-10,14H,2,5,7,18H2,(H2,19,24)/t14-/m1/s1. The molecule has 3 aromatic rings. The lowest BCUT2D eigenvalue weighted by molar-refractivity contribution is 0.100. The fourth-order valence-electron chi connectivity index (χ4n) is 3.35. The number of aromatic nitrogens is 3. The molecule has 1 fully saturated rings. The van der Waals surface area contributed by atoms with E-state index >= 15 is 0 Å². The van der Waals surface area contributed by atoms with Crippen molar-refractivity contribution < 1.29 is 4.79 Å². The molecular weight excluding hydrogens is 304 g/mol. The first-order chi connectivity index (χ1) is 11.6. The predicted molar refractivity (Wildman–Crippen MR) is 91.7 cm³/mol. The number of hydrogen-bond donors (Lipinski definition) is 2. The van der Waals surface area contributed by atoms with Crippen LogP contribution in [0.25, 0.3) is 5.65 Å². The number of nitrogens with zero attached hydrogens (tertiary/aromatic N) is 4. The predicted octanol–water partition coefficient (Wildman–Crippen LogP) is 1.75. The van der Waals surface area contributed by atoms with Crippen molar-refractivity contribution in [1.82, 2.24) is 14.6 Å².